The van der Waals surface area contributed by atoms with Gasteiger partial charge in [0.05, 0.1) is 17.7 Å². The van der Waals surface area contributed by atoms with Crippen molar-refractivity contribution >= 4 is 5.91 Å². The van der Waals surface area contributed by atoms with Crippen molar-refractivity contribution in [1.29, 1.82) is 0 Å². The van der Waals surface area contributed by atoms with Gasteiger partial charge in [0.15, 0.2) is 0 Å². The van der Waals surface area contributed by atoms with E-state index in [9.17, 15) is 4.79 Å². The Bertz CT molecular complexity index is 491. The summed E-state index contributed by atoms with van der Waals surface area (Å²) in [6, 6.07) is 1.66. The Morgan fingerprint density at radius 2 is 2.40 bits per heavy atom. The van der Waals surface area contributed by atoms with Crippen LogP contribution >= 0.6 is 0 Å². The van der Waals surface area contributed by atoms with Gasteiger partial charge in [0.1, 0.15) is 0 Å². The lowest BCUT2D eigenvalue weighted by Crippen LogP contribution is -2.33. The Hall–Kier alpha value is -1.90. The van der Waals surface area contributed by atoms with Crippen molar-refractivity contribution < 1.29 is 14.6 Å². The van der Waals surface area contributed by atoms with Gasteiger partial charge in [-0.15, -0.1) is 0 Å². The lowest BCUT2D eigenvalue weighted by atomic mass is 10.1. The second-order valence-corrected chi connectivity index (χ2v) is 4.35. The predicted octanol–water partition coefficient (Wildman–Crippen LogP) is 0.970. The Balaban J connectivity index is 2.75. The number of methoxy groups -OCH3 is 1. The molecule has 1 heterocycles. The van der Waals surface area contributed by atoms with Gasteiger partial charge in [0.25, 0.3) is 5.91 Å². The van der Waals surface area contributed by atoms with Crippen molar-refractivity contribution in [2.24, 2.45) is 0 Å². The summed E-state index contributed by atoms with van der Waals surface area (Å²) in [4.78, 5) is 16.1. The molecule has 5 heteroatoms. The van der Waals surface area contributed by atoms with Gasteiger partial charge in [0, 0.05) is 38.6 Å². The molecule has 0 saturated carbocycles. The first kappa shape index (κ1) is 16.2. The van der Waals surface area contributed by atoms with E-state index in [0.717, 1.165) is 6.42 Å². The van der Waals surface area contributed by atoms with Crippen molar-refractivity contribution in [3.05, 3.63) is 29.6 Å². The average molecular weight is 276 g/mol. The topological polar surface area (TPSA) is 71.5 Å². The van der Waals surface area contributed by atoms with Gasteiger partial charge in [-0.05, 0) is 19.4 Å². The fraction of sp³-hybridized carbons (Fsp3) is 0.467. The average Bonchev–Trinajstić information content (AvgIpc) is 2.46. The molecule has 1 aromatic rings. The van der Waals surface area contributed by atoms with E-state index >= 15 is 0 Å². The zero-order valence-electron chi connectivity index (χ0n) is 11.8. The molecule has 108 valence electrons. The Kier molecular flexibility index (Phi) is 7.33. The van der Waals surface area contributed by atoms with E-state index in [4.69, 9.17) is 9.84 Å². The van der Waals surface area contributed by atoms with E-state index in [-0.39, 0.29) is 18.6 Å². The highest BCUT2D eigenvalue weighted by atomic mass is 16.5. The second-order valence-electron chi connectivity index (χ2n) is 4.35. The van der Waals surface area contributed by atoms with Crippen LogP contribution in [0.1, 0.15) is 35.7 Å². The van der Waals surface area contributed by atoms with Crippen molar-refractivity contribution in [2.45, 2.75) is 25.8 Å². The van der Waals surface area contributed by atoms with Gasteiger partial charge in [-0.2, -0.15) is 0 Å². The van der Waals surface area contributed by atoms with E-state index in [1.807, 2.05) is 6.92 Å². The first-order valence-electron chi connectivity index (χ1n) is 6.52. The maximum Gasteiger partial charge on any atom is 0.252 e. The molecule has 1 aromatic heterocycles. The largest absolute Gasteiger partial charge is 0.395 e. The fourth-order valence-corrected chi connectivity index (χ4v) is 1.57. The third-order valence-electron chi connectivity index (χ3n) is 2.66. The molecule has 5 nitrogen and oxygen atoms in total. The van der Waals surface area contributed by atoms with E-state index in [0.29, 0.717) is 24.2 Å². The smallest absolute Gasteiger partial charge is 0.252 e. The van der Waals surface area contributed by atoms with Gasteiger partial charge in [0.2, 0.25) is 0 Å². The van der Waals surface area contributed by atoms with Crippen LogP contribution in [0.2, 0.25) is 0 Å². The minimum absolute atomic E-state index is 0.00282. The highest BCUT2D eigenvalue weighted by Crippen LogP contribution is 2.06. The third kappa shape index (κ3) is 5.39. The van der Waals surface area contributed by atoms with Crippen LogP contribution < -0.4 is 5.32 Å². The van der Waals surface area contributed by atoms with Crippen LogP contribution in [-0.4, -0.2) is 42.4 Å². The first-order chi connectivity index (χ1) is 9.69. The molecule has 1 atom stereocenters. The predicted molar refractivity (Wildman–Crippen MR) is 76.2 cm³/mol. The monoisotopic (exact) mass is 276 g/mol. The van der Waals surface area contributed by atoms with Gasteiger partial charge in [-0.25, -0.2) is 0 Å². The highest BCUT2D eigenvalue weighted by Gasteiger charge is 2.12. The van der Waals surface area contributed by atoms with Crippen LogP contribution in [-0.2, 0) is 4.74 Å². The summed E-state index contributed by atoms with van der Waals surface area (Å²) in [5.74, 6) is 5.47. The maximum absolute atomic E-state index is 12.2. The van der Waals surface area contributed by atoms with Crippen molar-refractivity contribution in [3.63, 3.8) is 0 Å². The van der Waals surface area contributed by atoms with E-state index < -0.39 is 0 Å². The molecule has 0 saturated heterocycles. The molecule has 0 aliphatic rings. The molecule has 0 aromatic carbocycles. The minimum atomic E-state index is -0.177. The van der Waals surface area contributed by atoms with Crippen LogP contribution in [0.25, 0.3) is 0 Å². The molecule has 1 rings (SSSR count). The van der Waals surface area contributed by atoms with Gasteiger partial charge in [-0.1, -0.05) is 11.8 Å². The van der Waals surface area contributed by atoms with E-state index in [2.05, 4.69) is 22.1 Å². The van der Waals surface area contributed by atoms with Crippen molar-refractivity contribution in [2.75, 3.05) is 20.3 Å². The maximum atomic E-state index is 12.2. The normalized spacial score (nSPS) is 11.3. The van der Waals surface area contributed by atoms with Crippen LogP contribution in [0.15, 0.2) is 18.5 Å². The Labute approximate surface area is 119 Å². The molecular formula is C15H20N2O3. The summed E-state index contributed by atoms with van der Waals surface area (Å²) in [7, 11) is 1.63. The number of nitrogens with one attached hydrogen (secondary N) is 1. The number of rotatable bonds is 6. The number of carbonyl (C=O) groups is 1. The molecule has 0 radical (unpaired) electrons. The van der Waals surface area contributed by atoms with E-state index in [1.165, 1.54) is 0 Å². The molecule has 2 N–H and O–H groups in total. The summed E-state index contributed by atoms with van der Waals surface area (Å²) < 4.78 is 4.98. The summed E-state index contributed by atoms with van der Waals surface area (Å²) in [5.41, 5.74) is 1.06. The Morgan fingerprint density at radius 1 is 1.60 bits per heavy atom. The Morgan fingerprint density at radius 3 is 3.10 bits per heavy atom. The second kappa shape index (κ2) is 9.08. The number of aliphatic hydroxyl groups is 1. The number of pyridine rings is 1. The molecule has 1 unspecified atom stereocenters. The number of hydrogen-bond donors (Lipinski definition) is 2. The quantitative estimate of drug-likeness (QED) is 0.760. The zero-order valence-corrected chi connectivity index (χ0v) is 11.8. The summed E-state index contributed by atoms with van der Waals surface area (Å²) >= 11 is 0. The number of aromatic nitrogens is 1. The molecular weight excluding hydrogens is 256 g/mol. The number of nitrogens with zero attached hydrogens (tertiary/aromatic N) is 1. The van der Waals surface area contributed by atoms with Gasteiger partial charge >= 0.3 is 0 Å². The summed E-state index contributed by atoms with van der Waals surface area (Å²) in [6.07, 6.45) is 4.24. The van der Waals surface area contributed by atoms with E-state index in [1.54, 1.807) is 25.6 Å². The SMILES string of the molecule is COCCC(C)NC(=O)c1ccncc1C#CCCO. The molecule has 0 spiro atoms. The lowest BCUT2D eigenvalue weighted by Gasteiger charge is -2.13. The van der Waals surface area contributed by atoms with Crippen molar-refractivity contribution in [3.8, 4) is 11.8 Å². The number of aliphatic hydroxyl groups excluding tert-OH is 1. The summed E-state index contributed by atoms with van der Waals surface area (Å²) in [6.45, 7) is 2.53. The molecule has 0 fully saturated rings. The molecule has 20 heavy (non-hydrogen) atoms. The molecule has 0 aliphatic heterocycles. The number of hydrogen-bond acceptors (Lipinski definition) is 4. The standard InChI is InChI=1S/C15H20N2O3/c1-12(7-10-20-2)17-15(19)14-6-8-16-11-13(14)5-3-4-9-18/h6,8,11-12,18H,4,7,9-10H2,1-2H3,(H,17,19). The fourth-order valence-electron chi connectivity index (χ4n) is 1.57. The molecule has 0 bridgehead atoms. The highest BCUT2D eigenvalue weighted by molar-refractivity contribution is 5.96. The minimum Gasteiger partial charge on any atom is -0.395 e. The first-order valence-corrected chi connectivity index (χ1v) is 6.52. The lowest BCUT2D eigenvalue weighted by molar-refractivity contribution is 0.0929. The van der Waals surface area contributed by atoms with Crippen LogP contribution in [0.5, 0.6) is 0 Å². The number of ether oxygens (including phenoxy) is 1. The third-order valence-corrected chi connectivity index (χ3v) is 2.66. The summed E-state index contributed by atoms with van der Waals surface area (Å²) in [5, 5.41) is 11.6. The molecule has 0 aliphatic carbocycles. The van der Waals surface area contributed by atoms with Crippen LogP contribution in [0.4, 0.5) is 0 Å². The van der Waals surface area contributed by atoms with Gasteiger partial charge in [-0.3, -0.25) is 9.78 Å². The number of carbonyl (C=O) groups excluding carboxylic acids is 1. The number of amides is 1. The molecule has 1 amide bonds. The van der Waals surface area contributed by atoms with Crippen molar-refractivity contribution in [1.82, 2.24) is 10.3 Å². The van der Waals surface area contributed by atoms with Gasteiger partial charge < -0.3 is 15.2 Å². The zero-order chi connectivity index (χ0) is 14.8. The van der Waals surface area contributed by atoms with Crippen LogP contribution in [0, 0.1) is 11.8 Å². The van der Waals surface area contributed by atoms with Crippen LogP contribution in [0.3, 0.4) is 0 Å².